The predicted octanol–water partition coefficient (Wildman–Crippen LogP) is -0.451. The van der Waals surface area contributed by atoms with Crippen LogP contribution < -0.4 is 0 Å². The standard InChI is InChI=1S/C12H26O6/c1-10(13)3-5-17-8-12(15)9-18-6-4-11(14)7-16-2/h10-15H,3-9H2,1-2H3. The summed E-state index contributed by atoms with van der Waals surface area (Å²) in [6, 6.07) is 0. The molecule has 3 N–H and O–H groups in total. The van der Waals surface area contributed by atoms with E-state index in [2.05, 4.69) is 0 Å². The molecule has 0 aromatic rings. The summed E-state index contributed by atoms with van der Waals surface area (Å²) in [6.07, 6.45) is -0.575. The van der Waals surface area contributed by atoms with Crippen LogP contribution in [0.25, 0.3) is 0 Å². The SMILES string of the molecule is COCC(O)CCOCC(O)COCCC(C)O. The molecule has 18 heavy (non-hydrogen) atoms. The third-order valence-electron chi connectivity index (χ3n) is 2.25. The van der Waals surface area contributed by atoms with Gasteiger partial charge in [-0.3, -0.25) is 0 Å². The molecule has 110 valence electrons. The van der Waals surface area contributed by atoms with Gasteiger partial charge < -0.3 is 29.5 Å². The van der Waals surface area contributed by atoms with E-state index in [9.17, 15) is 10.2 Å². The molecule has 0 aliphatic heterocycles. The minimum Gasteiger partial charge on any atom is -0.393 e. The molecule has 0 bridgehead atoms. The van der Waals surface area contributed by atoms with Crippen LogP contribution in [0.3, 0.4) is 0 Å². The van der Waals surface area contributed by atoms with E-state index in [0.29, 0.717) is 26.1 Å². The topological polar surface area (TPSA) is 88.4 Å². The minimum absolute atomic E-state index is 0.175. The molecule has 0 aliphatic rings. The molecule has 6 nitrogen and oxygen atoms in total. The van der Waals surface area contributed by atoms with Gasteiger partial charge in [0.1, 0.15) is 6.10 Å². The van der Waals surface area contributed by atoms with Crippen LogP contribution in [0.1, 0.15) is 19.8 Å². The maximum atomic E-state index is 9.48. The van der Waals surface area contributed by atoms with Crippen molar-refractivity contribution in [2.45, 2.75) is 38.1 Å². The molecule has 0 saturated heterocycles. The zero-order chi connectivity index (χ0) is 13.8. The van der Waals surface area contributed by atoms with Gasteiger partial charge in [-0.15, -0.1) is 0 Å². The number of aliphatic hydroxyl groups excluding tert-OH is 3. The summed E-state index contributed by atoms with van der Waals surface area (Å²) in [7, 11) is 1.53. The third kappa shape index (κ3) is 12.2. The smallest absolute Gasteiger partial charge is 0.101 e. The lowest BCUT2D eigenvalue weighted by Crippen LogP contribution is -2.24. The number of aliphatic hydroxyl groups is 3. The Kier molecular flexibility index (Phi) is 11.7. The maximum Gasteiger partial charge on any atom is 0.101 e. The highest BCUT2D eigenvalue weighted by molar-refractivity contribution is 4.55. The van der Waals surface area contributed by atoms with Gasteiger partial charge in [0.05, 0.1) is 32.0 Å². The van der Waals surface area contributed by atoms with Crippen molar-refractivity contribution in [1.29, 1.82) is 0 Å². The summed E-state index contributed by atoms with van der Waals surface area (Å²) >= 11 is 0. The van der Waals surface area contributed by atoms with Gasteiger partial charge in [0, 0.05) is 20.3 Å². The summed E-state index contributed by atoms with van der Waals surface area (Å²) in [5, 5.41) is 27.8. The summed E-state index contributed by atoms with van der Waals surface area (Å²) in [5.74, 6) is 0. The summed E-state index contributed by atoms with van der Waals surface area (Å²) < 4.78 is 15.1. The summed E-state index contributed by atoms with van der Waals surface area (Å²) in [5.41, 5.74) is 0. The molecule has 3 unspecified atom stereocenters. The Bertz CT molecular complexity index is 176. The lowest BCUT2D eigenvalue weighted by molar-refractivity contribution is -0.0325. The first kappa shape index (κ1) is 17.8. The molecule has 0 saturated carbocycles. The molecule has 0 rings (SSSR count). The number of methoxy groups -OCH3 is 1. The monoisotopic (exact) mass is 266 g/mol. The zero-order valence-electron chi connectivity index (χ0n) is 11.2. The molecule has 0 heterocycles. The molecular weight excluding hydrogens is 240 g/mol. The fourth-order valence-corrected chi connectivity index (χ4v) is 1.24. The average Bonchev–Trinajstić information content (AvgIpc) is 2.30. The molecular formula is C12H26O6. The van der Waals surface area contributed by atoms with E-state index in [4.69, 9.17) is 19.3 Å². The van der Waals surface area contributed by atoms with E-state index in [1.807, 2.05) is 0 Å². The van der Waals surface area contributed by atoms with Gasteiger partial charge in [-0.05, 0) is 19.8 Å². The first-order chi connectivity index (χ1) is 8.56. The molecule has 3 atom stereocenters. The van der Waals surface area contributed by atoms with E-state index in [1.165, 1.54) is 7.11 Å². The molecule has 0 aromatic heterocycles. The normalized spacial score (nSPS) is 16.5. The quantitative estimate of drug-likeness (QED) is 0.415. The summed E-state index contributed by atoms with van der Waals surface area (Å²) in [4.78, 5) is 0. The van der Waals surface area contributed by atoms with Gasteiger partial charge in [0.2, 0.25) is 0 Å². The van der Waals surface area contributed by atoms with Crippen molar-refractivity contribution in [2.75, 3.05) is 40.1 Å². The van der Waals surface area contributed by atoms with Gasteiger partial charge in [-0.25, -0.2) is 0 Å². The van der Waals surface area contributed by atoms with Crippen LogP contribution in [0.2, 0.25) is 0 Å². The molecule has 0 amide bonds. The molecule has 0 spiro atoms. The van der Waals surface area contributed by atoms with Crippen molar-refractivity contribution in [3.63, 3.8) is 0 Å². The van der Waals surface area contributed by atoms with E-state index in [-0.39, 0.29) is 25.9 Å². The predicted molar refractivity (Wildman–Crippen MR) is 66.4 cm³/mol. The van der Waals surface area contributed by atoms with E-state index >= 15 is 0 Å². The maximum absolute atomic E-state index is 9.48. The largest absolute Gasteiger partial charge is 0.393 e. The third-order valence-corrected chi connectivity index (χ3v) is 2.25. The van der Waals surface area contributed by atoms with Gasteiger partial charge in [0.25, 0.3) is 0 Å². The highest BCUT2D eigenvalue weighted by Crippen LogP contribution is 1.96. The number of ether oxygens (including phenoxy) is 3. The van der Waals surface area contributed by atoms with Gasteiger partial charge in [-0.2, -0.15) is 0 Å². The van der Waals surface area contributed by atoms with Crippen LogP contribution in [0.5, 0.6) is 0 Å². The highest BCUT2D eigenvalue weighted by Gasteiger charge is 2.07. The van der Waals surface area contributed by atoms with Gasteiger partial charge in [0.15, 0.2) is 0 Å². The van der Waals surface area contributed by atoms with Crippen LogP contribution in [0.4, 0.5) is 0 Å². The van der Waals surface area contributed by atoms with Crippen LogP contribution in [-0.4, -0.2) is 73.8 Å². The second kappa shape index (κ2) is 11.8. The Labute approximate surface area is 108 Å². The van der Waals surface area contributed by atoms with Gasteiger partial charge >= 0.3 is 0 Å². The Morgan fingerprint density at radius 1 is 0.833 bits per heavy atom. The second-order valence-electron chi connectivity index (χ2n) is 4.34. The van der Waals surface area contributed by atoms with Crippen molar-refractivity contribution in [1.82, 2.24) is 0 Å². The van der Waals surface area contributed by atoms with Crippen LogP contribution in [-0.2, 0) is 14.2 Å². The lowest BCUT2D eigenvalue weighted by Gasteiger charge is -2.13. The Morgan fingerprint density at radius 2 is 1.39 bits per heavy atom. The van der Waals surface area contributed by atoms with Gasteiger partial charge in [-0.1, -0.05) is 0 Å². The van der Waals surface area contributed by atoms with E-state index in [0.717, 1.165) is 0 Å². The van der Waals surface area contributed by atoms with E-state index < -0.39 is 12.2 Å². The number of rotatable bonds is 12. The van der Waals surface area contributed by atoms with Crippen molar-refractivity contribution in [2.24, 2.45) is 0 Å². The van der Waals surface area contributed by atoms with Crippen molar-refractivity contribution >= 4 is 0 Å². The highest BCUT2D eigenvalue weighted by atomic mass is 16.5. The Morgan fingerprint density at radius 3 is 1.89 bits per heavy atom. The van der Waals surface area contributed by atoms with Crippen LogP contribution >= 0.6 is 0 Å². The van der Waals surface area contributed by atoms with Crippen molar-refractivity contribution < 1.29 is 29.5 Å². The fourth-order valence-electron chi connectivity index (χ4n) is 1.24. The second-order valence-corrected chi connectivity index (χ2v) is 4.34. The average molecular weight is 266 g/mol. The van der Waals surface area contributed by atoms with Crippen LogP contribution in [0, 0.1) is 0 Å². The molecule has 0 radical (unpaired) electrons. The fraction of sp³-hybridized carbons (Fsp3) is 1.00. The molecule has 0 aliphatic carbocycles. The lowest BCUT2D eigenvalue weighted by atomic mass is 10.3. The molecule has 0 fully saturated rings. The zero-order valence-corrected chi connectivity index (χ0v) is 11.2. The Hall–Kier alpha value is -0.240. The molecule has 6 heteroatoms. The van der Waals surface area contributed by atoms with Crippen molar-refractivity contribution in [3.8, 4) is 0 Å². The number of hydrogen-bond acceptors (Lipinski definition) is 6. The van der Waals surface area contributed by atoms with Crippen molar-refractivity contribution in [3.05, 3.63) is 0 Å². The first-order valence-corrected chi connectivity index (χ1v) is 6.24. The number of hydrogen-bond donors (Lipinski definition) is 3. The Balaban J connectivity index is 3.28. The summed E-state index contributed by atoms with van der Waals surface area (Å²) in [6.45, 7) is 3.13. The van der Waals surface area contributed by atoms with E-state index in [1.54, 1.807) is 6.92 Å². The van der Waals surface area contributed by atoms with Crippen LogP contribution in [0.15, 0.2) is 0 Å². The minimum atomic E-state index is -0.682. The first-order valence-electron chi connectivity index (χ1n) is 6.24. The molecule has 0 aromatic carbocycles.